The molecule has 0 saturated heterocycles. The normalized spacial score (nSPS) is 14.0. The van der Waals surface area contributed by atoms with Crippen LogP contribution in [0.15, 0.2) is 60.0 Å². The molecule has 0 spiro atoms. The fraction of sp³-hybridized carbons (Fsp3) is 0.118. The van der Waals surface area contributed by atoms with Gasteiger partial charge >= 0.3 is 0 Å². The number of sulfonamides is 1. The Morgan fingerprint density at radius 3 is 2.86 bits per heavy atom. The lowest BCUT2D eigenvalue weighted by atomic mass is 10.2. The molecule has 11 heteroatoms. The summed E-state index contributed by atoms with van der Waals surface area (Å²) < 4.78 is 78.5. The molecule has 28 heavy (non-hydrogen) atoms. The Labute approximate surface area is 162 Å². The van der Waals surface area contributed by atoms with Gasteiger partial charge in [-0.1, -0.05) is 12.1 Å². The van der Waals surface area contributed by atoms with Crippen molar-refractivity contribution in [3.8, 4) is 5.82 Å². The van der Waals surface area contributed by atoms with Gasteiger partial charge in [0.1, 0.15) is 4.90 Å². The lowest BCUT2D eigenvalue weighted by Gasteiger charge is -2.08. The average molecular weight is 407 g/mol. The van der Waals surface area contributed by atoms with Gasteiger partial charge in [0.15, 0.2) is 5.82 Å². The van der Waals surface area contributed by atoms with Crippen LogP contribution in [0.5, 0.6) is 0 Å². The highest BCUT2D eigenvalue weighted by atomic mass is 32.2. The van der Waals surface area contributed by atoms with E-state index < -0.39 is 23.4 Å². The van der Waals surface area contributed by atoms with Gasteiger partial charge in [0, 0.05) is 28.2 Å². The third kappa shape index (κ3) is 3.20. The van der Waals surface area contributed by atoms with Crippen molar-refractivity contribution in [3.05, 3.63) is 60.7 Å². The molecule has 0 amide bonds. The number of rotatable bonds is 5. The Balaban J connectivity index is 1.70. The van der Waals surface area contributed by atoms with Gasteiger partial charge in [0.05, 0.1) is 29.8 Å². The predicted octanol–water partition coefficient (Wildman–Crippen LogP) is 2.89. The van der Waals surface area contributed by atoms with Gasteiger partial charge in [0.25, 0.3) is 16.4 Å². The first-order valence-corrected chi connectivity index (χ1v) is 9.34. The van der Waals surface area contributed by atoms with E-state index in [-0.39, 0.29) is 27.5 Å². The number of hydrogen-bond donors (Lipinski definition) is 1. The van der Waals surface area contributed by atoms with E-state index in [1.807, 2.05) is 0 Å². The van der Waals surface area contributed by atoms with Gasteiger partial charge in [-0.15, -0.1) is 0 Å². The quantitative estimate of drug-likeness (QED) is 0.549. The van der Waals surface area contributed by atoms with Crippen LogP contribution in [0, 0.1) is 0 Å². The fourth-order valence-corrected chi connectivity index (χ4v) is 3.63. The van der Waals surface area contributed by atoms with Gasteiger partial charge in [0.2, 0.25) is 0 Å². The molecule has 0 aliphatic heterocycles. The molecule has 3 heterocycles. The summed E-state index contributed by atoms with van der Waals surface area (Å²) in [5.41, 5.74) is -0.186. The maximum absolute atomic E-state index is 12.9. The monoisotopic (exact) mass is 407 g/mol. The summed E-state index contributed by atoms with van der Waals surface area (Å²) >= 11 is 0. The highest BCUT2D eigenvalue weighted by Crippen LogP contribution is 2.25. The second kappa shape index (κ2) is 6.68. The summed E-state index contributed by atoms with van der Waals surface area (Å²) in [4.78, 5) is 3.65. The van der Waals surface area contributed by atoms with Crippen LogP contribution >= 0.6 is 0 Å². The smallest absolute Gasteiger partial charge is 0.265 e. The molecule has 0 saturated carbocycles. The zero-order valence-corrected chi connectivity index (χ0v) is 14.8. The average Bonchev–Trinajstić information content (AvgIpc) is 3.36. The minimum Gasteiger partial charge on any atom is -0.277 e. The molecule has 4 rings (SSSR count). The van der Waals surface area contributed by atoms with E-state index in [2.05, 4.69) is 19.9 Å². The second-order valence-electron chi connectivity index (χ2n) is 5.77. The molecule has 0 unspecified atom stereocenters. The number of pyridine rings is 1. The van der Waals surface area contributed by atoms with Crippen molar-refractivity contribution < 1.29 is 21.3 Å². The molecular weight excluding hydrogens is 390 g/mol. The number of alkyl halides is 2. The maximum Gasteiger partial charge on any atom is 0.265 e. The summed E-state index contributed by atoms with van der Waals surface area (Å²) in [7, 11) is -4.19. The summed E-state index contributed by atoms with van der Waals surface area (Å²) in [5.74, 6) is 0.0156. The Bertz CT molecular complexity index is 1370. The Kier molecular flexibility index (Phi) is 3.50. The van der Waals surface area contributed by atoms with Crippen LogP contribution in [0.3, 0.4) is 0 Å². The number of aromatic nitrogens is 5. The van der Waals surface area contributed by atoms with E-state index in [9.17, 15) is 17.2 Å². The summed E-state index contributed by atoms with van der Waals surface area (Å²) in [5, 5.41) is 8.15. The molecule has 1 N–H and O–H groups in total. The van der Waals surface area contributed by atoms with Gasteiger partial charge in [-0.3, -0.25) is 9.40 Å². The molecule has 4 aromatic rings. The Morgan fingerprint density at radius 2 is 2.07 bits per heavy atom. The van der Waals surface area contributed by atoms with E-state index in [1.54, 1.807) is 12.1 Å². The minimum absolute atomic E-state index is 0.0108. The highest BCUT2D eigenvalue weighted by molar-refractivity contribution is 7.92. The molecule has 144 valence electrons. The van der Waals surface area contributed by atoms with Crippen molar-refractivity contribution >= 4 is 26.6 Å². The summed E-state index contributed by atoms with van der Waals surface area (Å²) in [6.07, 6.45) is 1.91. The standard InChI is InChI=1S/C17H14F2N6O2S/c1-24-16-12(8-21-24)3-2-4-14(16)23-28(26,27)13-9-22-25(10-13)15-7-11(17(18)19)5-6-20-15/h2-10,17,23H,1H3/i1D3. The molecule has 8 nitrogen and oxygen atoms in total. The second-order valence-corrected chi connectivity index (χ2v) is 7.46. The fourth-order valence-electron chi connectivity index (χ4n) is 2.63. The summed E-state index contributed by atoms with van der Waals surface area (Å²) in [6, 6.07) is 6.79. The first-order valence-electron chi connectivity index (χ1n) is 9.35. The molecule has 0 radical (unpaired) electrons. The molecule has 3 aromatic heterocycles. The van der Waals surface area contributed by atoms with Crippen molar-refractivity contribution in [2.75, 3.05) is 4.72 Å². The minimum atomic E-state index is -4.19. The zero-order chi connectivity index (χ0) is 22.4. The van der Waals surface area contributed by atoms with Crippen molar-refractivity contribution in [3.63, 3.8) is 0 Å². The van der Waals surface area contributed by atoms with Gasteiger partial charge < -0.3 is 0 Å². The van der Waals surface area contributed by atoms with Crippen LogP contribution in [0.4, 0.5) is 14.5 Å². The predicted molar refractivity (Wildman–Crippen MR) is 97.8 cm³/mol. The van der Waals surface area contributed by atoms with E-state index in [4.69, 9.17) is 4.11 Å². The van der Waals surface area contributed by atoms with E-state index in [0.717, 1.165) is 33.9 Å². The first-order chi connectivity index (χ1) is 14.6. The number of aryl methyl sites for hydroxylation is 1. The van der Waals surface area contributed by atoms with E-state index in [1.165, 1.54) is 18.5 Å². The maximum atomic E-state index is 12.9. The van der Waals surface area contributed by atoms with Crippen LogP contribution in [0.25, 0.3) is 16.7 Å². The third-order valence-corrected chi connectivity index (χ3v) is 5.28. The molecule has 0 atom stereocenters. The first kappa shape index (κ1) is 14.7. The number of hydrogen-bond acceptors (Lipinski definition) is 5. The number of nitrogens with zero attached hydrogens (tertiary/aromatic N) is 5. The SMILES string of the molecule is [2H]C([2H])([2H])n1ncc2cccc(NS(=O)(=O)c3cnn(-c4cc(C(F)F)ccn4)c3)c21. The Hall–Kier alpha value is -3.34. The third-order valence-electron chi connectivity index (χ3n) is 3.96. The van der Waals surface area contributed by atoms with E-state index in [0.29, 0.717) is 5.39 Å². The van der Waals surface area contributed by atoms with E-state index >= 15 is 0 Å². The van der Waals surface area contributed by atoms with Crippen LogP contribution in [0.2, 0.25) is 0 Å². The van der Waals surface area contributed by atoms with Crippen LogP contribution < -0.4 is 4.72 Å². The van der Waals surface area contributed by atoms with Crippen molar-refractivity contribution in [1.29, 1.82) is 0 Å². The van der Waals surface area contributed by atoms with Crippen LogP contribution in [-0.2, 0) is 17.0 Å². The molecular formula is C17H14F2N6O2S. The lowest BCUT2D eigenvalue weighted by Crippen LogP contribution is -2.13. The van der Waals surface area contributed by atoms with Crippen molar-refractivity contribution in [1.82, 2.24) is 24.5 Å². The molecule has 0 aliphatic rings. The number of nitrogens with one attached hydrogen (secondary N) is 1. The van der Waals surface area contributed by atoms with Crippen LogP contribution in [0.1, 0.15) is 16.1 Å². The van der Waals surface area contributed by atoms with Crippen molar-refractivity contribution in [2.24, 2.45) is 6.98 Å². The van der Waals surface area contributed by atoms with Gasteiger partial charge in [-0.25, -0.2) is 26.9 Å². The van der Waals surface area contributed by atoms with Crippen molar-refractivity contribution in [2.45, 2.75) is 11.3 Å². The number of para-hydroxylation sites is 1. The molecule has 0 bridgehead atoms. The van der Waals surface area contributed by atoms with Crippen LogP contribution in [-0.4, -0.2) is 33.0 Å². The van der Waals surface area contributed by atoms with Gasteiger partial charge in [-0.05, 0) is 18.2 Å². The molecule has 1 aromatic carbocycles. The molecule has 0 aliphatic carbocycles. The summed E-state index contributed by atoms with van der Waals surface area (Å²) in [6.45, 7) is -2.62. The number of halogens is 2. The zero-order valence-electron chi connectivity index (χ0n) is 17.0. The lowest BCUT2D eigenvalue weighted by molar-refractivity contribution is 0.151. The van der Waals surface area contributed by atoms with Gasteiger partial charge in [-0.2, -0.15) is 10.2 Å². The highest BCUT2D eigenvalue weighted by Gasteiger charge is 2.20. The largest absolute Gasteiger partial charge is 0.277 e. The molecule has 0 fully saturated rings. The Morgan fingerprint density at radius 1 is 1.21 bits per heavy atom. The number of benzene rings is 1. The number of fused-ring (bicyclic) bond motifs is 1. The topological polar surface area (TPSA) is 94.7 Å². The number of anilines is 1.